The molecule has 1 saturated heterocycles. The van der Waals surface area contributed by atoms with Crippen LogP contribution in [0.5, 0.6) is 5.75 Å². The number of rotatable bonds is 7. The maximum Gasteiger partial charge on any atom is 0.294 e. The number of amides is 3. The van der Waals surface area contributed by atoms with Crippen LogP contribution in [0.2, 0.25) is 5.02 Å². The molecule has 0 unspecified atom stereocenters. The molecule has 0 spiro atoms. The molecule has 0 radical (unpaired) electrons. The first-order valence-electron chi connectivity index (χ1n) is 9.64. The van der Waals surface area contributed by atoms with Crippen LogP contribution < -0.4 is 10.1 Å². The van der Waals surface area contributed by atoms with Crippen LogP contribution in [0.25, 0.3) is 6.08 Å². The fourth-order valence-corrected chi connectivity index (χ4v) is 4.59. The molecule has 3 aromatic rings. The molecule has 2 heterocycles. The number of nitrogens with one attached hydrogen (secondary N) is 1. The summed E-state index contributed by atoms with van der Waals surface area (Å²) in [6.45, 7) is -0.385. The lowest BCUT2D eigenvalue weighted by molar-refractivity contribution is -0.127. The lowest BCUT2D eigenvalue weighted by Gasteiger charge is -2.12. The van der Waals surface area contributed by atoms with Gasteiger partial charge in [-0.15, -0.1) is 0 Å². The third kappa shape index (κ3) is 5.81. The van der Waals surface area contributed by atoms with Crippen molar-refractivity contribution in [2.75, 3.05) is 19.0 Å². The molecule has 3 amide bonds. The van der Waals surface area contributed by atoms with Crippen molar-refractivity contribution in [3.8, 4) is 5.75 Å². The van der Waals surface area contributed by atoms with Crippen molar-refractivity contribution in [3.05, 3.63) is 76.4 Å². The molecule has 1 aromatic heterocycles. The molecule has 33 heavy (non-hydrogen) atoms. The van der Waals surface area contributed by atoms with Crippen molar-refractivity contribution in [3.63, 3.8) is 0 Å². The van der Waals surface area contributed by atoms with Gasteiger partial charge in [-0.05, 0) is 72.4 Å². The Kier molecular flexibility index (Phi) is 7.12. The summed E-state index contributed by atoms with van der Waals surface area (Å²) in [5.74, 6) is 0.0536. The Balaban J connectivity index is 1.38. The Bertz CT molecular complexity index is 1220. The molecule has 1 fully saturated rings. The number of carbonyl (C=O) groups excluding carboxylic acids is 3. The lowest BCUT2D eigenvalue weighted by Crippen LogP contribution is -2.36. The first-order chi connectivity index (χ1) is 15.9. The molecule has 2 aromatic carbocycles. The van der Waals surface area contributed by atoms with Crippen molar-refractivity contribution in [1.29, 1.82) is 0 Å². The summed E-state index contributed by atoms with van der Waals surface area (Å²) in [7, 11) is 1.54. The number of furan rings is 1. The highest BCUT2D eigenvalue weighted by atomic mass is 35.5. The summed E-state index contributed by atoms with van der Waals surface area (Å²) < 4.78 is 10.8. The average molecular weight is 501 g/mol. The molecule has 0 aliphatic carbocycles. The Hall–Kier alpha value is -3.14. The molecular weight excluding hydrogens is 484 g/mol. The predicted molar refractivity (Wildman–Crippen MR) is 129 cm³/mol. The van der Waals surface area contributed by atoms with Crippen molar-refractivity contribution in [1.82, 2.24) is 4.90 Å². The molecule has 10 heteroatoms. The number of nitrogens with zero attached hydrogens (tertiary/aromatic N) is 1. The maximum absolute atomic E-state index is 12.7. The molecular formula is C23H17ClN2O5S2. The second-order valence-corrected chi connectivity index (χ2v) is 9.26. The van der Waals surface area contributed by atoms with E-state index in [1.54, 1.807) is 55.6 Å². The summed E-state index contributed by atoms with van der Waals surface area (Å²) in [6.07, 6.45) is 1.50. The largest absolute Gasteiger partial charge is 0.497 e. The topological polar surface area (TPSA) is 88.8 Å². The van der Waals surface area contributed by atoms with Crippen molar-refractivity contribution < 1.29 is 23.5 Å². The molecule has 0 bridgehead atoms. The standard InChI is InChI=1S/C23H17ClN2O5S2/c1-30-16-6-4-15(5-7-16)25-20(27)13-26-22(28)19(33-23(26)29)12-17-8-11-21(31-17)32-18-9-2-14(24)3-10-18/h2-12H,13H2,1H3,(H,25,27)/b19-12-. The number of methoxy groups -OCH3 is 1. The molecule has 0 saturated carbocycles. The fraction of sp³-hybridized carbons (Fsp3) is 0.0870. The molecule has 7 nitrogen and oxygen atoms in total. The van der Waals surface area contributed by atoms with E-state index in [2.05, 4.69) is 5.32 Å². The number of ether oxygens (including phenoxy) is 1. The minimum absolute atomic E-state index is 0.189. The van der Waals surface area contributed by atoms with Crippen LogP contribution in [0.15, 0.2) is 80.0 Å². The number of thioether (sulfide) groups is 1. The first kappa shape index (κ1) is 23.0. The second-order valence-electron chi connectivity index (χ2n) is 6.76. The van der Waals surface area contributed by atoms with Gasteiger partial charge in [0.15, 0.2) is 5.09 Å². The zero-order valence-electron chi connectivity index (χ0n) is 17.2. The van der Waals surface area contributed by atoms with Gasteiger partial charge >= 0.3 is 0 Å². The van der Waals surface area contributed by atoms with E-state index < -0.39 is 17.1 Å². The number of benzene rings is 2. The van der Waals surface area contributed by atoms with E-state index in [9.17, 15) is 14.4 Å². The Morgan fingerprint density at radius 1 is 1.12 bits per heavy atom. The van der Waals surface area contributed by atoms with Gasteiger partial charge in [-0.1, -0.05) is 23.4 Å². The van der Waals surface area contributed by atoms with Crippen LogP contribution >= 0.6 is 35.1 Å². The third-order valence-electron chi connectivity index (χ3n) is 4.46. The summed E-state index contributed by atoms with van der Waals surface area (Å²) in [6, 6.07) is 17.5. The SMILES string of the molecule is COc1ccc(NC(=O)CN2C(=O)S/C(=C\c3ccc(Sc4ccc(Cl)cc4)o3)C2=O)cc1. The molecule has 4 rings (SSSR count). The summed E-state index contributed by atoms with van der Waals surface area (Å²) >= 11 is 8.07. The van der Waals surface area contributed by atoms with E-state index in [-0.39, 0.29) is 11.4 Å². The zero-order valence-corrected chi connectivity index (χ0v) is 19.6. The number of hydrogen-bond donors (Lipinski definition) is 1. The first-order valence-corrected chi connectivity index (χ1v) is 11.6. The normalized spacial score (nSPS) is 14.7. The Morgan fingerprint density at radius 3 is 2.55 bits per heavy atom. The number of carbonyl (C=O) groups is 3. The van der Waals surface area contributed by atoms with E-state index in [0.29, 0.717) is 27.3 Å². The van der Waals surface area contributed by atoms with Gasteiger partial charge in [-0.2, -0.15) is 0 Å². The van der Waals surface area contributed by atoms with E-state index in [1.165, 1.54) is 17.8 Å². The minimum atomic E-state index is -0.543. The molecule has 1 aliphatic heterocycles. The third-order valence-corrected chi connectivity index (χ3v) is 6.54. The van der Waals surface area contributed by atoms with Gasteiger partial charge in [-0.25, -0.2) is 0 Å². The minimum Gasteiger partial charge on any atom is -0.497 e. The highest BCUT2D eigenvalue weighted by Gasteiger charge is 2.36. The Labute approximate surface area is 203 Å². The smallest absolute Gasteiger partial charge is 0.294 e. The van der Waals surface area contributed by atoms with Crippen LogP contribution in [0.4, 0.5) is 10.5 Å². The van der Waals surface area contributed by atoms with Crippen LogP contribution in [0, 0.1) is 0 Å². The number of halogens is 1. The molecule has 1 N–H and O–H groups in total. The lowest BCUT2D eigenvalue weighted by atomic mass is 10.3. The number of hydrogen-bond acceptors (Lipinski definition) is 7. The molecule has 0 atom stereocenters. The number of imide groups is 1. The van der Waals surface area contributed by atoms with Crippen molar-refractivity contribution in [2.45, 2.75) is 9.99 Å². The van der Waals surface area contributed by atoms with Gasteiger partial charge in [0.2, 0.25) is 5.91 Å². The quantitative estimate of drug-likeness (QED) is 0.412. The van der Waals surface area contributed by atoms with Gasteiger partial charge in [0.05, 0.1) is 12.0 Å². The molecule has 1 aliphatic rings. The van der Waals surface area contributed by atoms with Gasteiger partial charge in [0.1, 0.15) is 18.1 Å². The zero-order chi connectivity index (χ0) is 23.4. The van der Waals surface area contributed by atoms with Gasteiger partial charge in [-0.3, -0.25) is 19.3 Å². The van der Waals surface area contributed by atoms with Gasteiger partial charge in [0, 0.05) is 21.7 Å². The predicted octanol–water partition coefficient (Wildman–Crippen LogP) is 5.77. The van der Waals surface area contributed by atoms with E-state index >= 15 is 0 Å². The highest BCUT2D eigenvalue weighted by molar-refractivity contribution is 8.18. The van der Waals surface area contributed by atoms with Crippen LogP contribution in [-0.4, -0.2) is 35.6 Å². The Morgan fingerprint density at radius 2 is 1.85 bits per heavy atom. The van der Waals surface area contributed by atoms with Gasteiger partial charge in [0.25, 0.3) is 11.1 Å². The number of anilines is 1. The van der Waals surface area contributed by atoms with Crippen molar-refractivity contribution >= 4 is 63.9 Å². The fourth-order valence-electron chi connectivity index (χ4n) is 2.87. The van der Waals surface area contributed by atoms with E-state index in [1.807, 2.05) is 12.1 Å². The monoisotopic (exact) mass is 500 g/mol. The second kappa shape index (κ2) is 10.2. The highest BCUT2D eigenvalue weighted by Crippen LogP contribution is 2.34. The van der Waals surface area contributed by atoms with E-state index in [0.717, 1.165) is 21.6 Å². The molecule has 168 valence electrons. The van der Waals surface area contributed by atoms with Crippen molar-refractivity contribution in [2.24, 2.45) is 0 Å². The summed E-state index contributed by atoms with van der Waals surface area (Å²) in [5, 5.41) is 3.41. The summed E-state index contributed by atoms with van der Waals surface area (Å²) in [5.41, 5.74) is 0.532. The van der Waals surface area contributed by atoms with E-state index in [4.69, 9.17) is 20.8 Å². The van der Waals surface area contributed by atoms with Crippen LogP contribution in [0.3, 0.4) is 0 Å². The maximum atomic E-state index is 12.7. The van der Waals surface area contributed by atoms with Gasteiger partial charge < -0.3 is 14.5 Å². The van der Waals surface area contributed by atoms with Crippen LogP contribution in [0.1, 0.15) is 5.76 Å². The average Bonchev–Trinajstić information content (AvgIpc) is 3.35. The summed E-state index contributed by atoms with van der Waals surface area (Å²) in [4.78, 5) is 39.4. The van der Waals surface area contributed by atoms with Crippen LogP contribution in [-0.2, 0) is 9.59 Å².